The van der Waals surface area contributed by atoms with Gasteiger partial charge in [0.1, 0.15) is 5.82 Å². The smallest absolute Gasteiger partial charge is 0.358 e. The molecule has 0 radical (unpaired) electrons. The summed E-state index contributed by atoms with van der Waals surface area (Å²) in [4.78, 5) is 4.90. The van der Waals surface area contributed by atoms with Crippen LogP contribution < -0.4 is 0 Å². The van der Waals surface area contributed by atoms with Crippen molar-refractivity contribution in [1.82, 2.24) is 23.9 Å². The summed E-state index contributed by atoms with van der Waals surface area (Å²) in [6.45, 7) is 20.1. The molecule has 254 valence electrons. The number of fused-ring (bicyclic) bond motifs is 6. The van der Waals surface area contributed by atoms with Crippen LogP contribution in [0.1, 0.15) is 79.3 Å². The van der Waals surface area contributed by atoms with Gasteiger partial charge in [0, 0.05) is 33.8 Å². The van der Waals surface area contributed by atoms with Crippen molar-refractivity contribution in [1.29, 1.82) is 0 Å². The molecule has 0 atom stereocenters. The van der Waals surface area contributed by atoms with E-state index in [1.165, 1.54) is 16.3 Å². The summed E-state index contributed by atoms with van der Waals surface area (Å²) in [5.74, 6) is 0.895. The van der Waals surface area contributed by atoms with Crippen LogP contribution in [0.2, 0.25) is 0 Å². The van der Waals surface area contributed by atoms with Crippen molar-refractivity contribution in [3.05, 3.63) is 126 Å². The van der Waals surface area contributed by atoms with Crippen molar-refractivity contribution in [2.75, 3.05) is 0 Å². The largest absolute Gasteiger partial charge is 2.00 e. The number of nitrogens with zero attached hydrogens (tertiary/aromatic N) is 5. The molecule has 4 aromatic carbocycles. The Morgan fingerprint density at radius 2 is 1.10 bits per heavy atom. The zero-order valence-electron chi connectivity index (χ0n) is 30.3. The van der Waals surface area contributed by atoms with E-state index in [2.05, 4.69) is 179 Å². The van der Waals surface area contributed by atoms with E-state index in [9.17, 15) is 0 Å². The summed E-state index contributed by atoms with van der Waals surface area (Å²) < 4.78 is 6.67. The van der Waals surface area contributed by atoms with E-state index < -0.39 is 0 Å². The molecule has 0 amide bonds. The van der Waals surface area contributed by atoms with Gasteiger partial charge in [0.15, 0.2) is 0 Å². The van der Waals surface area contributed by atoms with Crippen LogP contribution in [0.25, 0.3) is 60.8 Å². The van der Waals surface area contributed by atoms with Crippen LogP contribution in [-0.2, 0) is 37.3 Å². The Balaban J connectivity index is 0.00000392. The monoisotopic (exact) mass is 836 g/mol. The molecule has 0 N–H and O–H groups in total. The van der Waals surface area contributed by atoms with E-state index in [1.807, 2.05) is 6.20 Å². The fourth-order valence-electron chi connectivity index (χ4n) is 6.98. The summed E-state index contributed by atoms with van der Waals surface area (Å²) in [6, 6.07) is 40.3. The summed E-state index contributed by atoms with van der Waals surface area (Å²) in [6.07, 6.45) is 1.93. The third kappa shape index (κ3) is 5.51. The number of benzene rings is 4. The zero-order valence-corrected chi connectivity index (χ0v) is 32.6. The molecule has 8 rings (SSSR count). The van der Waals surface area contributed by atoms with Crippen molar-refractivity contribution in [2.45, 2.75) is 78.6 Å². The van der Waals surface area contributed by atoms with Gasteiger partial charge in [-0.1, -0.05) is 115 Å². The predicted molar refractivity (Wildman–Crippen MR) is 204 cm³/mol. The van der Waals surface area contributed by atoms with Gasteiger partial charge in [0.2, 0.25) is 0 Å². The minimum Gasteiger partial charge on any atom is -0.358 e. The van der Waals surface area contributed by atoms with Gasteiger partial charge in [0.05, 0.1) is 5.69 Å². The van der Waals surface area contributed by atoms with Crippen molar-refractivity contribution in [3.8, 4) is 17.2 Å². The molecule has 8 aromatic rings. The fourth-order valence-corrected chi connectivity index (χ4v) is 6.98. The van der Waals surface area contributed by atoms with Crippen LogP contribution in [0, 0.1) is 12.1 Å². The second-order valence-corrected chi connectivity index (χ2v) is 16.4. The van der Waals surface area contributed by atoms with Gasteiger partial charge in [-0.2, -0.15) is 17.2 Å². The van der Waals surface area contributed by atoms with E-state index in [1.54, 1.807) is 0 Å². The molecule has 0 aliphatic carbocycles. The Hall–Kier alpha value is -4.47. The van der Waals surface area contributed by atoms with Crippen LogP contribution in [0.15, 0.2) is 97.2 Å². The number of rotatable bonds is 3. The molecule has 0 bridgehead atoms. The molecule has 0 fully saturated rings. The standard InChI is InChI=1S/C44H43N5.Pt/c1-42(2,3)28-22-23-45-41(24-28)48-36-17-13-11-15-32(36)34-20-18-29(25-38(34)48)47-35-16-12-10-14-31(35)33-21-19-30(26-37(33)47)49-40(44(7,8)9)27-39(46-49)43(4,5)6;/h10-24,27H,1-9H3;/q-2;+2. The molecule has 6 heteroatoms. The second kappa shape index (κ2) is 11.8. The first-order valence-corrected chi connectivity index (χ1v) is 17.2. The number of para-hydroxylation sites is 2. The number of hydrogen-bond acceptors (Lipinski definition) is 2. The van der Waals surface area contributed by atoms with Gasteiger partial charge in [0.25, 0.3) is 0 Å². The number of aromatic nitrogens is 5. The summed E-state index contributed by atoms with van der Waals surface area (Å²) in [5, 5.41) is 9.83. The average Bonchev–Trinajstić information content (AvgIpc) is 3.75. The number of pyridine rings is 1. The number of hydrogen-bond donors (Lipinski definition) is 0. The van der Waals surface area contributed by atoms with Gasteiger partial charge in [-0.15, -0.1) is 35.0 Å². The third-order valence-electron chi connectivity index (χ3n) is 9.69. The predicted octanol–water partition coefficient (Wildman–Crippen LogP) is 11.0. The van der Waals surface area contributed by atoms with Crippen LogP contribution in [0.4, 0.5) is 0 Å². The summed E-state index contributed by atoms with van der Waals surface area (Å²) >= 11 is 0. The molecule has 0 saturated heterocycles. The Morgan fingerprint density at radius 3 is 1.70 bits per heavy atom. The van der Waals surface area contributed by atoms with Crippen LogP contribution in [0.3, 0.4) is 0 Å². The Morgan fingerprint density at radius 1 is 0.540 bits per heavy atom. The van der Waals surface area contributed by atoms with Gasteiger partial charge in [-0.05, 0) is 57.8 Å². The molecule has 0 saturated carbocycles. The Bertz CT molecular complexity index is 2560. The molecule has 0 unspecified atom stereocenters. The average molecular weight is 837 g/mol. The molecule has 0 aliphatic heterocycles. The fraction of sp³-hybridized carbons (Fsp3) is 0.273. The second-order valence-electron chi connectivity index (χ2n) is 16.4. The molecule has 4 heterocycles. The van der Waals surface area contributed by atoms with Gasteiger partial charge in [-0.3, -0.25) is 4.68 Å². The Kier molecular flexibility index (Phi) is 8.03. The zero-order chi connectivity index (χ0) is 34.5. The van der Waals surface area contributed by atoms with E-state index in [0.29, 0.717) is 0 Å². The molecule has 50 heavy (non-hydrogen) atoms. The van der Waals surface area contributed by atoms with Crippen molar-refractivity contribution < 1.29 is 21.1 Å². The molecular weight excluding hydrogens is 794 g/mol. The normalized spacial score (nSPS) is 12.7. The van der Waals surface area contributed by atoms with E-state index in [4.69, 9.17) is 10.1 Å². The maximum atomic E-state index is 5.17. The molecule has 4 aromatic heterocycles. The van der Waals surface area contributed by atoms with Crippen LogP contribution in [-0.4, -0.2) is 23.9 Å². The van der Waals surface area contributed by atoms with Gasteiger partial charge in [-0.25, -0.2) is 4.98 Å². The van der Waals surface area contributed by atoms with E-state index in [0.717, 1.165) is 61.4 Å². The molecule has 0 aliphatic rings. The van der Waals surface area contributed by atoms with Crippen LogP contribution in [0.5, 0.6) is 0 Å². The first-order valence-electron chi connectivity index (χ1n) is 17.2. The Labute approximate surface area is 309 Å². The van der Waals surface area contributed by atoms with Crippen molar-refractivity contribution >= 4 is 43.6 Å². The van der Waals surface area contributed by atoms with Crippen molar-refractivity contribution in [3.63, 3.8) is 0 Å². The summed E-state index contributed by atoms with van der Waals surface area (Å²) in [7, 11) is 0. The topological polar surface area (TPSA) is 40.6 Å². The first kappa shape index (κ1) is 34.0. The minimum absolute atomic E-state index is 0. The maximum Gasteiger partial charge on any atom is 2.00 e. The maximum absolute atomic E-state index is 5.17. The summed E-state index contributed by atoms with van der Waals surface area (Å²) in [5.41, 5.74) is 9.40. The quantitative estimate of drug-likeness (QED) is 0.166. The minimum atomic E-state index is -0.101. The van der Waals surface area contributed by atoms with Gasteiger partial charge < -0.3 is 9.13 Å². The van der Waals surface area contributed by atoms with E-state index in [-0.39, 0.29) is 37.3 Å². The molecule has 5 nitrogen and oxygen atoms in total. The molecule has 0 spiro atoms. The van der Waals surface area contributed by atoms with Crippen LogP contribution >= 0.6 is 0 Å². The van der Waals surface area contributed by atoms with Gasteiger partial charge >= 0.3 is 21.1 Å². The SMILES string of the molecule is CC(C)(C)c1ccnc(-n2c3[c-]c(-n4c5[c-]c(-n6nc(C(C)(C)C)cc6C(C)(C)C)ccc5c5ccccc54)ccc3c3ccccc32)c1.[Pt+2]. The third-order valence-corrected chi connectivity index (χ3v) is 9.69. The van der Waals surface area contributed by atoms with Crippen molar-refractivity contribution in [2.24, 2.45) is 0 Å². The molecular formula is C44H43N5Pt. The van der Waals surface area contributed by atoms with E-state index >= 15 is 0 Å². The first-order chi connectivity index (χ1) is 23.2.